The highest BCUT2D eigenvalue weighted by atomic mass is 32.2. The van der Waals surface area contributed by atoms with Crippen molar-refractivity contribution in [2.45, 2.75) is 38.8 Å². The summed E-state index contributed by atoms with van der Waals surface area (Å²) in [6.07, 6.45) is 4.15. The smallest absolute Gasteiger partial charge is 0.228 e. The van der Waals surface area contributed by atoms with E-state index in [9.17, 15) is 13.2 Å². The zero-order chi connectivity index (χ0) is 17.1. The first-order valence-corrected chi connectivity index (χ1v) is 10.3. The average molecular weight is 353 g/mol. The van der Waals surface area contributed by atoms with Crippen LogP contribution in [0, 0.1) is 11.8 Å². The van der Waals surface area contributed by atoms with Crippen LogP contribution >= 0.6 is 0 Å². The summed E-state index contributed by atoms with van der Waals surface area (Å²) in [5.41, 5.74) is 2.07. The van der Waals surface area contributed by atoms with Gasteiger partial charge in [-0.3, -0.25) is 4.79 Å². The Morgan fingerprint density at radius 1 is 1.25 bits per heavy atom. The van der Waals surface area contributed by atoms with Crippen LogP contribution in [0.4, 0.5) is 0 Å². The second kappa shape index (κ2) is 5.52. The third-order valence-corrected chi connectivity index (χ3v) is 6.74. The summed E-state index contributed by atoms with van der Waals surface area (Å²) in [7, 11) is -3.18. The van der Waals surface area contributed by atoms with Gasteiger partial charge in [-0.2, -0.15) is 0 Å². The highest BCUT2D eigenvalue weighted by molar-refractivity contribution is 7.88. The van der Waals surface area contributed by atoms with Crippen molar-refractivity contribution in [3.05, 3.63) is 11.4 Å². The Hall–Kier alpha value is -1.48. The molecule has 132 valence electrons. The normalized spacial score (nSPS) is 28.2. The van der Waals surface area contributed by atoms with E-state index in [1.807, 2.05) is 9.58 Å². The van der Waals surface area contributed by atoms with Gasteiger partial charge in [-0.25, -0.2) is 17.4 Å². The predicted molar refractivity (Wildman–Crippen MR) is 86.5 cm³/mol. The third-order valence-electron chi connectivity index (χ3n) is 5.50. The Morgan fingerprint density at radius 3 is 2.58 bits per heavy atom. The van der Waals surface area contributed by atoms with Crippen LogP contribution in [0.25, 0.3) is 0 Å². The number of carbonyl (C=O) groups is 1. The molecule has 9 heteroatoms. The molecule has 2 fully saturated rings. The highest BCUT2D eigenvalue weighted by Crippen LogP contribution is 2.38. The van der Waals surface area contributed by atoms with Crippen molar-refractivity contribution in [1.29, 1.82) is 0 Å². The number of rotatable bonds is 3. The molecule has 0 bridgehead atoms. The molecule has 1 aromatic heterocycles. The molecule has 0 unspecified atom stereocenters. The molecule has 4 rings (SSSR count). The first kappa shape index (κ1) is 16.0. The fraction of sp³-hybridized carbons (Fsp3) is 0.800. The summed E-state index contributed by atoms with van der Waals surface area (Å²) in [6.45, 7) is 4.03. The minimum absolute atomic E-state index is 0.0512. The van der Waals surface area contributed by atoms with Crippen molar-refractivity contribution < 1.29 is 13.2 Å². The topological polar surface area (TPSA) is 88.4 Å². The summed E-state index contributed by atoms with van der Waals surface area (Å²) in [6, 6.07) is 0.413. The Bertz CT molecular complexity index is 762. The number of hydrogen-bond donors (Lipinski definition) is 0. The Morgan fingerprint density at radius 2 is 1.96 bits per heavy atom. The standard InChI is InChI=1S/C15H23N5O3S/c1-10-5-12(6-10)20-14-9-18(4-3-13(14)16-17-20)15(21)11-7-19(8-11)24(2,22)23/h10-12H,3-9H2,1-2H3. The summed E-state index contributed by atoms with van der Waals surface area (Å²) in [4.78, 5) is 14.5. The summed E-state index contributed by atoms with van der Waals surface area (Å²) in [5, 5.41) is 8.60. The molecule has 2 aliphatic heterocycles. The molecule has 0 atom stereocenters. The van der Waals surface area contributed by atoms with Gasteiger partial charge in [0, 0.05) is 26.1 Å². The van der Waals surface area contributed by atoms with Gasteiger partial charge in [0.2, 0.25) is 15.9 Å². The summed E-state index contributed by atoms with van der Waals surface area (Å²) >= 11 is 0. The molecule has 24 heavy (non-hydrogen) atoms. The number of amides is 1. The molecule has 1 amide bonds. The number of fused-ring (bicyclic) bond motifs is 1. The predicted octanol–water partition coefficient (Wildman–Crippen LogP) is 0.0252. The maximum Gasteiger partial charge on any atom is 0.228 e. The quantitative estimate of drug-likeness (QED) is 0.765. The van der Waals surface area contributed by atoms with Gasteiger partial charge in [-0.15, -0.1) is 5.10 Å². The van der Waals surface area contributed by atoms with E-state index in [0.29, 0.717) is 32.2 Å². The van der Waals surface area contributed by atoms with E-state index in [2.05, 4.69) is 17.2 Å². The van der Waals surface area contributed by atoms with Crippen molar-refractivity contribution in [3.8, 4) is 0 Å². The van der Waals surface area contributed by atoms with Crippen molar-refractivity contribution in [2.24, 2.45) is 11.8 Å². The van der Waals surface area contributed by atoms with Gasteiger partial charge in [0.15, 0.2) is 0 Å². The SMILES string of the molecule is CC1CC(n2nnc3c2CN(C(=O)C2CN(S(C)(=O)=O)C2)CC3)C1. The van der Waals surface area contributed by atoms with E-state index in [1.54, 1.807) is 0 Å². The van der Waals surface area contributed by atoms with Gasteiger partial charge in [0.25, 0.3) is 0 Å². The number of aromatic nitrogens is 3. The minimum atomic E-state index is -3.18. The van der Waals surface area contributed by atoms with Crippen LogP contribution in [0.3, 0.4) is 0 Å². The van der Waals surface area contributed by atoms with E-state index in [0.717, 1.165) is 36.6 Å². The van der Waals surface area contributed by atoms with Gasteiger partial charge < -0.3 is 4.90 Å². The minimum Gasteiger partial charge on any atom is -0.336 e. The molecule has 3 heterocycles. The van der Waals surface area contributed by atoms with Crippen LogP contribution in [0.1, 0.15) is 37.2 Å². The summed E-state index contributed by atoms with van der Waals surface area (Å²) in [5.74, 6) is 0.567. The van der Waals surface area contributed by atoms with Crippen LogP contribution in [0.5, 0.6) is 0 Å². The second-order valence-electron chi connectivity index (χ2n) is 7.44. The monoisotopic (exact) mass is 353 g/mol. The van der Waals surface area contributed by atoms with E-state index in [1.165, 1.54) is 10.6 Å². The number of carbonyl (C=O) groups excluding carboxylic acids is 1. The molecule has 0 aromatic carbocycles. The maximum atomic E-state index is 12.7. The average Bonchev–Trinajstić information content (AvgIpc) is 2.83. The zero-order valence-corrected chi connectivity index (χ0v) is 14.9. The Balaban J connectivity index is 1.43. The molecule has 8 nitrogen and oxygen atoms in total. The van der Waals surface area contributed by atoms with Crippen molar-refractivity contribution in [1.82, 2.24) is 24.2 Å². The molecular formula is C15H23N5O3S. The Labute approximate surface area is 141 Å². The molecular weight excluding hydrogens is 330 g/mol. The molecule has 1 aromatic rings. The molecule has 1 saturated heterocycles. The first-order valence-electron chi connectivity index (χ1n) is 8.49. The van der Waals surface area contributed by atoms with Crippen LogP contribution in [-0.2, 0) is 27.8 Å². The van der Waals surface area contributed by atoms with E-state index in [4.69, 9.17) is 0 Å². The second-order valence-corrected chi connectivity index (χ2v) is 9.43. The number of nitrogens with zero attached hydrogens (tertiary/aromatic N) is 5. The molecule has 1 saturated carbocycles. The fourth-order valence-electron chi connectivity index (χ4n) is 3.87. The van der Waals surface area contributed by atoms with Gasteiger partial charge in [0.05, 0.1) is 36.1 Å². The lowest BCUT2D eigenvalue weighted by molar-refractivity contribution is -0.140. The van der Waals surface area contributed by atoms with Crippen molar-refractivity contribution in [3.63, 3.8) is 0 Å². The zero-order valence-electron chi connectivity index (χ0n) is 14.1. The maximum absolute atomic E-state index is 12.7. The van der Waals surface area contributed by atoms with Gasteiger partial charge in [-0.1, -0.05) is 12.1 Å². The van der Waals surface area contributed by atoms with Crippen molar-refractivity contribution >= 4 is 15.9 Å². The molecule has 1 aliphatic carbocycles. The van der Waals surface area contributed by atoms with Gasteiger partial charge in [0.1, 0.15) is 0 Å². The molecule has 0 spiro atoms. The van der Waals surface area contributed by atoms with E-state index >= 15 is 0 Å². The lowest BCUT2D eigenvalue weighted by atomic mass is 9.82. The van der Waals surface area contributed by atoms with Crippen LogP contribution in [0.2, 0.25) is 0 Å². The third kappa shape index (κ3) is 2.63. The van der Waals surface area contributed by atoms with Gasteiger partial charge >= 0.3 is 0 Å². The van der Waals surface area contributed by atoms with Crippen LogP contribution in [0.15, 0.2) is 0 Å². The molecule has 0 N–H and O–H groups in total. The largest absolute Gasteiger partial charge is 0.336 e. The number of hydrogen-bond acceptors (Lipinski definition) is 5. The van der Waals surface area contributed by atoms with E-state index < -0.39 is 10.0 Å². The number of sulfonamides is 1. The Kier molecular flexibility index (Phi) is 3.68. The first-order chi connectivity index (χ1) is 11.3. The molecule has 3 aliphatic rings. The van der Waals surface area contributed by atoms with E-state index in [-0.39, 0.29) is 11.8 Å². The van der Waals surface area contributed by atoms with Crippen LogP contribution in [-0.4, -0.2) is 64.4 Å². The fourth-order valence-corrected chi connectivity index (χ4v) is 4.77. The highest BCUT2D eigenvalue weighted by Gasteiger charge is 2.41. The lowest BCUT2D eigenvalue weighted by Gasteiger charge is -2.40. The van der Waals surface area contributed by atoms with Crippen LogP contribution < -0.4 is 0 Å². The lowest BCUT2D eigenvalue weighted by Crippen LogP contribution is -2.56. The summed E-state index contributed by atoms with van der Waals surface area (Å²) < 4.78 is 26.3. The van der Waals surface area contributed by atoms with Crippen molar-refractivity contribution in [2.75, 3.05) is 25.9 Å². The molecule has 0 radical (unpaired) electrons. The van der Waals surface area contributed by atoms with Gasteiger partial charge in [-0.05, 0) is 18.8 Å².